The molecule has 0 aromatic heterocycles. The van der Waals surface area contributed by atoms with Gasteiger partial charge in [0.1, 0.15) is 0 Å². The predicted molar refractivity (Wildman–Crippen MR) is 92.5 cm³/mol. The van der Waals surface area contributed by atoms with Crippen molar-refractivity contribution in [3.63, 3.8) is 0 Å². The molecule has 1 N–H and O–H groups in total. The van der Waals surface area contributed by atoms with Gasteiger partial charge in [0, 0.05) is 35.5 Å². The third-order valence-electron chi connectivity index (χ3n) is 3.42. The Kier molecular flexibility index (Phi) is 5.66. The molecule has 0 saturated heterocycles. The molecule has 21 heavy (non-hydrogen) atoms. The number of halogens is 1. The largest absolute Gasteiger partial charge is 0.341 e. The fraction of sp³-hybridized carbons (Fsp3) is 0.333. The van der Waals surface area contributed by atoms with Crippen molar-refractivity contribution in [3.05, 3.63) is 59.1 Å². The summed E-state index contributed by atoms with van der Waals surface area (Å²) < 4.78 is 0. The van der Waals surface area contributed by atoms with Crippen LogP contribution >= 0.6 is 11.6 Å². The molecule has 0 saturated carbocycles. The van der Waals surface area contributed by atoms with E-state index in [4.69, 9.17) is 11.6 Å². The third-order valence-corrected chi connectivity index (χ3v) is 3.66. The van der Waals surface area contributed by atoms with Crippen molar-refractivity contribution < 1.29 is 0 Å². The van der Waals surface area contributed by atoms with Crippen LogP contribution in [0, 0.1) is 0 Å². The lowest BCUT2D eigenvalue weighted by Crippen LogP contribution is -2.24. The van der Waals surface area contributed by atoms with Crippen LogP contribution in [-0.4, -0.2) is 12.6 Å². The van der Waals surface area contributed by atoms with Gasteiger partial charge in [0.15, 0.2) is 0 Å². The molecular weight excluding hydrogens is 280 g/mol. The standard InChI is InChI=1S/C18H23ClN2/c1-4-21(17-8-6-5-7-9-17)18-12-16(19)11-10-15(18)13-20-14(2)3/h5-12,14,20H,4,13H2,1-3H3. The summed E-state index contributed by atoms with van der Waals surface area (Å²) in [6.45, 7) is 8.22. The van der Waals surface area contributed by atoms with Gasteiger partial charge >= 0.3 is 0 Å². The number of hydrogen-bond donors (Lipinski definition) is 1. The summed E-state index contributed by atoms with van der Waals surface area (Å²) in [4.78, 5) is 2.29. The van der Waals surface area contributed by atoms with E-state index in [2.05, 4.69) is 67.4 Å². The van der Waals surface area contributed by atoms with Crippen molar-refractivity contribution in [2.75, 3.05) is 11.4 Å². The summed E-state index contributed by atoms with van der Waals surface area (Å²) >= 11 is 6.22. The molecule has 0 fully saturated rings. The lowest BCUT2D eigenvalue weighted by molar-refractivity contribution is 0.589. The molecule has 0 radical (unpaired) electrons. The molecule has 0 atom stereocenters. The van der Waals surface area contributed by atoms with E-state index >= 15 is 0 Å². The van der Waals surface area contributed by atoms with E-state index in [-0.39, 0.29) is 0 Å². The summed E-state index contributed by atoms with van der Waals surface area (Å²) in [5, 5.41) is 4.25. The van der Waals surface area contributed by atoms with Gasteiger partial charge in [0.25, 0.3) is 0 Å². The first-order valence-corrected chi connectivity index (χ1v) is 7.84. The molecule has 0 aliphatic heterocycles. The highest BCUT2D eigenvalue weighted by molar-refractivity contribution is 6.30. The van der Waals surface area contributed by atoms with Crippen LogP contribution in [0.4, 0.5) is 11.4 Å². The minimum Gasteiger partial charge on any atom is -0.341 e. The van der Waals surface area contributed by atoms with Crippen LogP contribution in [0.5, 0.6) is 0 Å². The van der Waals surface area contributed by atoms with Gasteiger partial charge in [-0.3, -0.25) is 0 Å². The van der Waals surface area contributed by atoms with Crippen molar-refractivity contribution in [2.45, 2.75) is 33.4 Å². The number of nitrogens with one attached hydrogen (secondary N) is 1. The monoisotopic (exact) mass is 302 g/mol. The molecule has 2 rings (SSSR count). The molecule has 2 aromatic carbocycles. The van der Waals surface area contributed by atoms with Gasteiger partial charge < -0.3 is 10.2 Å². The fourth-order valence-corrected chi connectivity index (χ4v) is 2.52. The summed E-state index contributed by atoms with van der Waals surface area (Å²) in [5.74, 6) is 0. The van der Waals surface area contributed by atoms with E-state index in [1.165, 1.54) is 16.9 Å². The van der Waals surface area contributed by atoms with Gasteiger partial charge in [-0.05, 0) is 36.8 Å². The quantitative estimate of drug-likeness (QED) is 0.808. The zero-order chi connectivity index (χ0) is 15.2. The Balaban J connectivity index is 2.37. The Labute approximate surface area is 132 Å². The van der Waals surface area contributed by atoms with Crippen LogP contribution in [0.2, 0.25) is 5.02 Å². The number of para-hydroxylation sites is 1. The number of nitrogens with zero attached hydrogens (tertiary/aromatic N) is 1. The molecule has 0 unspecified atom stereocenters. The molecule has 0 aliphatic rings. The molecule has 0 spiro atoms. The normalized spacial score (nSPS) is 10.9. The van der Waals surface area contributed by atoms with E-state index in [1.54, 1.807) is 0 Å². The Hall–Kier alpha value is -1.51. The van der Waals surface area contributed by atoms with E-state index in [9.17, 15) is 0 Å². The van der Waals surface area contributed by atoms with Crippen molar-refractivity contribution in [1.82, 2.24) is 5.32 Å². The minimum atomic E-state index is 0.459. The Morgan fingerprint density at radius 3 is 2.43 bits per heavy atom. The maximum Gasteiger partial charge on any atom is 0.0471 e. The van der Waals surface area contributed by atoms with Gasteiger partial charge in [-0.25, -0.2) is 0 Å². The van der Waals surface area contributed by atoms with Gasteiger partial charge in [0.2, 0.25) is 0 Å². The summed E-state index contributed by atoms with van der Waals surface area (Å²) in [5.41, 5.74) is 3.62. The van der Waals surface area contributed by atoms with Gasteiger partial charge in [-0.1, -0.05) is 49.7 Å². The van der Waals surface area contributed by atoms with Crippen molar-refractivity contribution in [3.8, 4) is 0 Å². The first-order chi connectivity index (χ1) is 10.1. The lowest BCUT2D eigenvalue weighted by atomic mass is 10.1. The topological polar surface area (TPSA) is 15.3 Å². The molecule has 0 bridgehead atoms. The van der Waals surface area contributed by atoms with E-state index in [0.717, 1.165) is 18.1 Å². The van der Waals surface area contributed by atoms with Gasteiger partial charge in [-0.2, -0.15) is 0 Å². The molecule has 2 aromatic rings. The molecule has 0 amide bonds. The number of anilines is 2. The molecule has 0 aliphatic carbocycles. The summed E-state index contributed by atoms with van der Waals surface area (Å²) in [7, 11) is 0. The minimum absolute atomic E-state index is 0.459. The van der Waals surface area contributed by atoms with Crippen molar-refractivity contribution in [2.24, 2.45) is 0 Å². The van der Waals surface area contributed by atoms with Crippen LogP contribution in [-0.2, 0) is 6.54 Å². The second kappa shape index (κ2) is 7.48. The van der Waals surface area contributed by atoms with Gasteiger partial charge in [-0.15, -0.1) is 0 Å². The highest BCUT2D eigenvalue weighted by Gasteiger charge is 2.12. The average molecular weight is 303 g/mol. The predicted octanol–water partition coefficient (Wildman–Crippen LogP) is 5.00. The SMILES string of the molecule is CCN(c1ccccc1)c1cc(Cl)ccc1CNC(C)C. The first kappa shape index (κ1) is 15.9. The van der Waals surface area contributed by atoms with Crippen LogP contribution in [0.3, 0.4) is 0 Å². The second-order valence-electron chi connectivity index (χ2n) is 5.39. The summed E-state index contributed by atoms with van der Waals surface area (Å²) in [6, 6.07) is 17.0. The Morgan fingerprint density at radius 2 is 1.81 bits per heavy atom. The lowest BCUT2D eigenvalue weighted by Gasteiger charge is -2.26. The highest BCUT2D eigenvalue weighted by atomic mass is 35.5. The third kappa shape index (κ3) is 4.23. The molecule has 2 nitrogen and oxygen atoms in total. The van der Waals surface area contributed by atoms with E-state index < -0.39 is 0 Å². The molecular formula is C18H23ClN2. The van der Waals surface area contributed by atoms with Crippen molar-refractivity contribution in [1.29, 1.82) is 0 Å². The zero-order valence-corrected chi connectivity index (χ0v) is 13.7. The second-order valence-corrected chi connectivity index (χ2v) is 5.82. The maximum absolute atomic E-state index is 6.22. The Bertz CT molecular complexity index is 567. The van der Waals surface area contributed by atoms with Crippen molar-refractivity contribution >= 4 is 23.0 Å². The fourth-order valence-electron chi connectivity index (χ4n) is 2.35. The zero-order valence-electron chi connectivity index (χ0n) is 12.9. The highest BCUT2D eigenvalue weighted by Crippen LogP contribution is 2.30. The summed E-state index contributed by atoms with van der Waals surface area (Å²) in [6.07, 6.45) is 0. The number of benzene rings is 2. The van der Waals surface area contributed by atoms with Crippen LogP contribution in [0.1, 0.15) is 26.3 Å². The molecule has 0 heterocycles. The van der Waals surface area contributed by atoms with Crippen LogP contribution in [0.25, 0.3) is 0 Å². The number of hydrogen-bond acceptors (Lipinski definition) is 2. The van der Waals surface area contributed by atoms with Gasteiger partial charge in [0.05, 0.1) is 0 Å². The maximum atomic E-state index is 6.22. The van der Waals surface area contributed by atoms with E-state index in [0.29, 0.717) is 6.04 Å². The Morgan fingerprint density at radius 1 is 1.10 bits per heavy atom. The smallest absolute Gasteiger partial charge is 0.0471 e. The average Bonchev–Trinajstić information content (AvgIpc) is 2.48. The number of rotatable bonds is 6. The van der Waals surface area contributed by atoms with Crippen LogP contribution in [0.15, 0.2) is 48.5 Å². The van der Waals surface area contributed by atoms with Crippen LogP contribution < -0.4 is 10.2 Å². The van der Waals surface area contributed by atoms with E-state index in [1.807, 2.05) is 12.1 Å². The first-order valence-electron chi connectivity index (χ1n) is 7.46. The molecule has 112 valence electrons. The molecule has 3 heteroatoms.